The Morgan fingerprint density at radius 1 is 1.70 bits per heavy atom. The van der Waals surface area contributed by atoms with Crippen molar-refractivity contribution >= 4 is 17.5 Å². The van der Waals surface area contributed by atoms with E-state index < -0.39 is 16.6 Å². The first-order valence-electron chi connectivity index (χ1n) is 6.22. The van der Waals surface area contributed by atoms with Crippen molar-refractivity contribution in [2.75, 3.05) is 18.5 Å². The third-order valence-electron chi connectivity index (χ3n) is 3.39. The minimum atomic E-state index is -1.35. The summed E-state index contributed by atoms with van der Waals surface area (Å²) in [5.41, 5.74) is -0.885. The second-order valence-corrected chi connectivity index (χ2v) is 4.65. The Balaban J connectivity index is 2.11. The Bertz CT molecular complexity index is 534. The summed E-state index contributed by atoms with van der Waals surface area (Å²) in [5.74, 6) is -0.716. The predicted octanol–water partition coefficient (Wildman–Crippen LogP) is 1.52. The molecule has 0 aliphatic carbocycles. The highest BCUT2D eigenvalue weighted by Gasteiger charge is 2.25. The van der Waals surface area contributed by atoms with Crippen molar-refractivity contribution in [3.05, 3.63) is 27.9 Å². The summed E-state index contributed by atoms with van der Waals surface area (Å²) < 4.78 is 5.42. The Hall–Kier alpha value is -2.22. The number of nitrogens with one attached hydrogen (secondary N) is 1. The lowest BCUT2D eigenvalue weighted by Crippen LogP contribution is -2.21. The monoisotopic (exact) mass is 281 g/mol. The van der Waals surface area contributed by atoms with Crippen molar-refractivity contribution in [3.63, 3.8) is 0 Å². The van der Waals surface area contributed by atoms with Crippen LogP contribution in [0.5, 0.6) is 0 Å². The molecule has 20 heavy (non-hydrogen) atoms. The lowest BCUT2D eigenvalue weighted by Gasteiger charge is -2.15. The van der Waals surface area contributed by atoms with Crippen LogP contribution in [0.1, 0.15) is 23.7 Å². The summed E-state index contributed by atoms with van der Waals surface area (Å²) in [6.07, 6.45) is 2.02. The van der Waals surface area contributed by atoms with Crippen LogP contribution in [-0.4, -0.2) is 40.2 Å². The summed E-state index contributed by atoms with van der Waals surface area (Å²) in [6.45, 7) is 3.28. The van der Waals surface area contributed by atoms with Gasteiger partial charge in [0.15, 0.2) is 0 Å². The maximum absolute atomic E-state index is 11.0. The molecule has 108 valence electrons. The quantitative estimate of drug-likeness (QED) is 0.621. The normalized spacial score (nSPS) is 21.6. The molecule has 8 nitrogen and oxygen atoms in total. The summed E-state index contributed by atoms with van der Waals surface area (Å²) in [6, 6.07) is 1.18. The molecule has 0 amide bonds. The minimum Gasteiger partial charge on any atom is -0.477 e. The van der Waals surface area contributed by atoms with Crippen molar-refractivity contribution in [1.82, 2.24) is 4.98 Å². The average Bonchev–Trinajstić information content (AvgIpc) is 2.81. The lowest BCUT2D eigenvalue weighted by molar-refractivity contribution is -0.385. The van der Waals surface area contributed by atoms with Gasteiger partial charge in [0.1, 0.15) is 17.6 Å². The van der Waals surface area contributed by atoms with E-state index in [9.17, 15) is 14.9 Å². The number of carboxylic acids is 1. The van der Waals surface area contributed by atoms with E-state index >= 15 is 0 Å². The predicted molar refractivity (Wildman–Crippen MR) is 69.9 cm³/mol. The molecular formula is C12H15N3O5. The number of carbonyl (C=O) groups is 1. The lowest BCUT2D eigenvalue weighted by atomic mass is 10.0. The van der Waals surface area contributed by atoms with Crippen molar-refractivity contribution in [2.24, 2.45) is 5.92 Å². The van der Waals surface area contributed by atoms with Crippen LogP contribution in [0.4, 0.5) is 11.5 Å². The Labute approximate surface area is 114 Å². The smallest absolute Gasteiger partial charge is 0.342 e. The molecule has 2 N–H and O–H groups in total. The Morgan fingerprint density at radius 2 is 2.45 bits per heavy atom. The number of hydrogen-bond donors (Lipinski definition) is 2. The molecular weight excluding hydrogens is 266 g/mol. The van der Waals surface area contributed by atoms with Crippen LogP contribution in [-0.2, 0) is 4.74 Å². The zero-order valence-electron chi connectivity index (χ0n) is 10.9. The summed E-state index contributed by atoms with van der Waals surface area (Å²) in [4.78, 5) is 24.8. The van der Waals surface area contributed by atoms with Crippen LogP contribution < -0.4 is 5.32 Å². The van der Waals surface area contributed by atoms with Gasteiger partial charge in [0.2, 0.25) is 0 Å². The Kier molecular flexibility index (Phi) is 4.14. The molecule has 2 heterocycles. The van der Waals surface area contributed by atoms with Gasteiger partial charge in [-0.1, -0.05) is 0 Å². The summed E-state index contributed by atoms with van der Waals surface area (Å²) >= 11 is 0. The second-order valence-electron chi connectivity index (χ2n) is 4.65. The standard InChI is InChI=1S/C12H15N3O5/c1-7-8(2-3-20-7)5-13-11-4-9(12(16)17)10(6-14-11)15(18)19/h4,6-8H,2-3,5H2,1H3,(H,13,14)(H,16,17). The highest BCUT2D eigenvalue weighted by Crippen LogP contribution is 2.23. The highest BCUT2D eigenvalue weighted by atomic mass is 16.6. The van der Waals surface area contributed by atoms with Crippen molar-refractivity contribution in [2.45, 2.75) is 19.4 Å². The van der Waals surface area contributed by atoms with Gasteiger partial charge >= 0.3 is 11.7 Å². The van der Waals surface area contributed by atoms with Crippen molar-refractivity contribution in [3.8, 4) is 0 Å². The van der Waals surface area contributed by atoms with E-state index in [1.807, 2.05) is 6.92 Å². The fourth-order valence-corrected chi connectivity index (χ4v) is 2.14. The first-order valence-corrected chi connectivity index (χ1v) is 6.22. The molecule has 0 spiro atoms. The number of carboxylic acid groups (broad SMARTS) is 1. The molecule has 2 rings (SSSR count). The van der Waals surface area contributed by atoms with Crippen LogP contribution in [0.3, 0.4) is 0 Å². The zero-order valence-corrected chi connectivity index (χ0v) is 10.9. The summed E-state index contributed by atoms with van der Waals surface area (Å²) in [5, 5.41) is 22.7. The van der Waals surface area contributed by atoms with Gasteiger partial charge in [-0.15, -0.1) is 0 Å². The zero-order chi connectivity index (χ0) is 14.7. The number of nitrogens with zero attached hydrogens (tertiary/aromatic N) is 2. The molecule has 1 saturated heterocycles. The van der Waals surface area contributed by atoms with E-state index in [0.29, 0.717) is 24.9 Å². The van der Waals surface area contributed by atoms with E-state index in [1.54, 1.807) is 0 Å². The van der Waals surface area contributed by atoms with Gasteiger partial charge in [0, 0.05) is 25.1 Å². The molecule has 2 unspecified atom stereocenters. The van der Waals surface area contributed by atoms with Crippen molar-refractivity contribution in [1.29, 1.82) is 0 Å². The number of hydrogen-bond acceptors (Lipinski definition) is 6. The van der Waals surface area contributed by atoms with E-state index in [1.165, 1.54) is 6.07 Å². The Morgan fingerprint density at radius 3 is 3.00 bits per heavy atom. The number of anilines is 1. The van der Waals surface area contributed by atoms with Crippen LogP contribution >= 0.6 is 0 Å². The van der Waals surface area contributed by atoms with Crippen LogP contribution in [0.15, 0.2) is 12.3 Å². The van der Waals surface area contributed by atoms with E-state index in [-0.39, 0.29) is 11.7 Å². The average molecular weight is 281 g/mol. The number of aromatic nitrogens is 1. The molecule has 1 aromatic heterocycles. The molecule has 1 aliphatic heterocycles. The van der Waals surface area contributed by atoms with E-state index in [2.05, 4.69) is 10.3 Å². The van der Waals surface area contributed by atoms with Crippen molar-refractivity contribution < 1.29 is 19.6 Å². The summed E-state index contributed by atoms with van der Waals surface area (Å²) in [7, 11) is 0. The molecule has 0 bridgehead atoms. The second kappa shape index (κ2) is 5.83. The van der Waals surface area contributed by atoms with E-state index in [4.69, 9.17) is 9.84 Å². The maximum atomic E-state index is 11.0. The molecule has 0 aromatic carbocycles. The molecule has 8 heteroatoms. The molecule has 0 radical (unpaired) electrons. The third kappa shape index (κ3) is 3.02. The molecule has 1 aromatic rings. The molecule has 1 fully saturated rings. The van der Waals surface area contributed by atoms with E-state index in [0.717, 1.165) is 12.6 Å². The first-order chi connectivity index (χ1) is 9.49. The van der Waals surface area contributed by atoms with Gasteiger partial charge < -0.3 is 15.2 Å². The number of aromatic carboxylic acids is 1. The van der Waals surface area contributed by atoms with Gasteiger partial charge in [0.25, 0.3) is 0 Å². The van der Waals surface area contributed by atoms with Gasteiger partial charge in [-0.25, -0.2) is 9.78 Å². The van der Waals surface area contributed by atoms with Gasteiger partial charge in [-0.05, 0) is 13.3 Å². The van der Waals surface area contributed by atoms with Crippen LogP contribution in [0.2, 0.25) is 0 Å². The van der Waals surface area contributed by atoms with Crippen LogP contribution in [0, 0.1) is 16.0 Å². The van der Waals surface area contributed by atoms with Gasteiger partial charge in [0.05, 0.1) is 11.0 Å². The molecule has 2 atom stereocenters. The maximum Gasteiger partial charge on any atom is 0.342 e. The fourth-order valence-electron chi connectivity index (χ4n) is 2.14. The fraction of sp³-hybridized carbons (Fsp3) is 0.500. The number of nitro groups is 1. The SMILES string of the molecule is CC1OCCC1CNc1cc(C(=O)O)c([N+](=O)[O-])cn1. The number of ether oxygens (including phenoxy) is 1. The number of pyridine rings is 1. The molecule has 1 aliphatic rings. The highest BCUT2D eigenvalue weighted by molar-refractivity contribution is 5.93. The first kappa shape index (κ1) is 14.2. The number of rotatable bonds is 5. The van der Waals surface area contributed by atoms with Crippen LogP contribution in [0.25, 0.3) is 0 Å². The largest absolute Gasteiger partial charge is 0.477 e. The topological polar surface area (TPSA) is 115 Å². The minimum absolute atomic E-state index is 0.138. The van der Waals surface area contributed by atoms with Gasteiger partial charge in [-0.3, -0.25) is 10.1 Å². The molecule has 0 saturated carbocycles. The third-order valence-corrected chi connectivity index (χ3v) is 3.39. The van der Waals surface area contributed by atoms with Gasteiger partial charge in [-0.2, -0.15) is 0 Å².